The summed E-state index contributed by atoms with van der Waals surface area (Å²) >= 11 is 11.3. The van der Waals surface area contributed by atoms with Crippen molar-refractivity contribution in [2.75, 3.05) is 0 Å². The van der Waals surface area contributed by atoms with Gasteiger partial charge in [0.25, 0.3) is 0 Å². The van der Waals surface area contributed by atoms with Crippen LogP contribution in [0.5, 0.6) is 0 Å². The molecule has 0 spiro atoms. The molecule has 1 N–H and O–H groups in total. The van der Waals surface area contributed by atoms with Gasteiger partial charge in [0.15, 0.2) is 5.82 Å². The van der Waals surface area contributed by atoms with Gasteiger partial charge in [-0.05, 0) is 36.5 Å². The Morgan fingerprint density at radius 2 is 2.15 bits per heavy atom. The van der Waals surface area contributed by atoms with Crippen molar-refractivity contribution >= 4 is 30.0 Å². The maximum atomic E-state index is 6.17. The van der Waals surface area contributed by atoms with Crippen molar-refractivity contribution in [3.05, 3.63) is 58.2 Å². The summed E-state index contributed by atoms with van der Waals surface area (Å²) in [6.45, 7) is 0. The molecule has 0 bridgehead atoms. The third kappa shape index (κ3) is 2.43. The van der Waals surface area contributed by atoms with E-state index in [1.165, 1.54) is 4.68 Å². The zero-order valence-corrected chi connectivity index (χ0v) is 11.7. The fraction of sp³-hybridized carbons (Fsp3) is 0. The Balaban J connectivity index is 2.07. The Labute approximate surface area is 124 Å². The molecular weight excluding hydrogens is 296 g/mol. The Hall–Kier alpha value is -2.18. The van der Waals surface area contributed by atoms with Crippen LogP contribution >= 0.6 is 23.8 Å². The van der Waals surface area contributed by atoms with Crippen molar-refractivity contribution in [1.82, 2.24) is 14.9 Å². The highest BCUT2D eigenvalue weighted by molar-refractivity contribution is 7.71. The number of hydrogen-bond donors (Lipinski definition) is 1. The van der Waals surface area contributed by atoms with E-state index in [-0.39, 0.29) is 0 Å². The summed E-state index contributed by atoms with van der Waals surface area (Å²) in [5.41, 5.74) is 0.748. The van der Waals surface area contributed by atoms with Gasteiger partial charge in [-0.1, -0.05) is 23.7 Å². The Kier molecular flexibility index (Phi) is 3.49. The average Bonchev–Trinajstić information content (AvgIpc) is 3.07. The second kappa shape index (κ2) is 5.44. The van der Waals surface area contributed by atoms with Gasteiger partial charge in [-0.3, -0.25) is 0 Å². The van der Waals surface area contributed by atoms with E-state index < -0.39 is 0 Å². The molecule has 7 heteroatoms. The second-order valence-corrected chi connectivity index (χ2v) is 4.70. The maximum Gasteiger partial charge on any atom is 0.216 e. The Morgan fingerprint density at radius 1 is 1.30 bits per heavy atom. The number of rotatable bonds is 3. The van der Waals surface area contributed by atoms with Gasteiger partial charge in [0.05, 0.1) is 17.5 Å². The predicted octanol–water partition coefficient (Wildman–Crippen LogP) is 3.74. The molecule has 5 nitrogen and oxygen atoms in total. The number of benzene rings is 1. The lowest BCUT2D eigenvalue weighted by atomic mass is 10.2. The number of halogens is 1. The summed E-state index contributed by atoms with van der Waals surface area (Å²) in [6, 6.07) is 10.9. The van der Waals surface area contributed by atoms with Crippen molar-refractivity contribution in [2.24, 2.45) is 5.10 Å². The molecule has 0 aliphatic carbocycles. The molecule has 2 aromatic heterocycles. The summed E-state index contributed by atoms with van der Waals surface area (Å²) in [5, 5.41) is 11.7. The highest BCUT2D eigenvalue weighted by Crippen LogP contribution is 2.25. The highest BCUT2D eigenvalue weighted by Gasteiger charge is 2.11. The van der Waals surface area contributed by atoms with Crippen LogP contribution in [-0.2, 0) is 0 Å². The molecule has 100 valence electrons. The molecule has 3 rings (SSSR count). The molecule has 0 fully saturated rings. The van der Waals surface area contributed by atoms with E-state index in [2.05, 4.69) is 15.3 Å². The average molecular weight is 305 g/mol. The van der Waals surface area contributed by atoms with Crippen LogP contribution in [-0.4, -0.2) is 21.1 Å². The van der Waals surface area contributed by atoms with Crippen LogP contribution < -0.4 is 0 Å². The van der Waals surface area contributed by atoms with Crippen LogP contribution in [0.25, 0.3) is 11.4 Å². The first kappa shape index (κ1) is 12.8. The van der Waals surface area contributed by atoms with Gasteiger partial charge in [-0.2, -0.15) is 14.9 Å². The van der Waals surface area contributed by atoms with Crippen LogP contribution in [0.2, 0.25) is 5.02 Å². The first-order chi connectivity index (χ1) is 9.75. The summed E-state index contributed by atoms with van der Waals surface area (Å²) in [5.74, 6) is 1.17. The Morgan fingerprint density at radius 3 is 2.90 bits per heavy atom. The molecule has 0 aliphatic heterocycles. The molecule has 0 saturated carbocycles. The van der Waals surface area contributed by atoms with Gasteiger partial charge in [0.1, 0.15) is 5.76 Å². The fourth-order valence-corrected chi connectivity index (χ4v) is 2.09. The fourth-order valence-electron chi connectivity index (χ4n) is 1.70. The molecule has 2 heterocycles. The predicted molar refractivity (Wildman–Crippen MR) is 79.6 cm³/mol. The minimum atomic E-state index is 0.378. The SMILES string of the molecule is S=c1[nH]nc(-c2ccccc2Cl)n1/N=C/c1ccco1. The second-order valence-electron chi connectivity index (χ2n) is 3.90. The first-order valence-corrected chi connectivity index (χ1v) is 6.54. The van der Waals surface area contributed by atoms with E-state index in [1.807, 2.05) is 18.2 Å². The zero-order chi connectivity index (χ0) is 13.9. The standard InChI is InChI=1S/C13H9ClN4OS/c14-11-6-2-1-5-10(11)12-16-17-13(20)18(12)15-8-9-4-3-7-19-9/h1-8H,(H,17,20)/b15-8+. The van der Waals surface area contributed by atoms with Crippen LogP contribution in [0.4, 0.5) is 0 Å². The van der Waals surface area contributed by atoms with E-state index in [9.17, 15) is 0 Å². The summed E-state index contributed by atoms with van der Waals surface area (Å²) in [4.78, 5) is 0. The first-order valence-electron chi connectivity index (χ1n) is 5.76. The van der Waals surface area contributed by atoms with Crippen molar-refractivity contribution in [3.63, 3.8) is 0 Å². The maximum absolute atomic E-state index is 6.17. The summed E-state index contributed by atoms with van der Waals surface area (Å²) in [7, 11) is 0. The number of nitrogens with one attached hydrogen (secondary N) is 1. The molecule has 0 saturated heterocycles. The number of furan rings is 1. The van der Waals surface area contributed by atoms with E-state index >= 15 is 0 Å². The number of H-pyrrole nitrogens is 1. The van der Waals surface area contributed by atoms with Crippen LogP contribution in [0.1, 0.15) is 5.76 Å². The van der Waals surface area contributed by atoms with Crippen LogP contribution in [0.3, 0.4) is 0 Å². The van der Waals surface area contributed by atoms with E-state index in [1.54, 1.807) is 30.7 Å². The van der Waals surface area contributed by atoms with Crippen molar-refractivity contribution in [1.29, 1.82) is 0 Å². The molecule has 0 aliphatic rings. The molecule has 0 unspecified atom stereocenters. The van der Waals surface area contributed by atoms with Gasteiger partial charge >= 0.3 is 0 Å². The van der Waals surface area contributed by atoms with E-state index in [4.69, 9.17) is 28.2 Å². The van der Waals surface area contributed by atoms with E-state index in [0.717, 1.165) is 5.56 Å². The minimum Gasteiger partial charge on any atom is -0.463 e. The van der Waals surface area contributed by atoms with Crippen LogP contribution in [0.15, 0.2) is 52.2 Å². The third-order valence-electron chi connectivity index (χ3n) is 2.61. The van der Waals surface area contributed by atoms with Gasteiger partial charge in [-0.25, -0.2) is 5.10 Å². The number of aromatic amines is 1. The molecule has 0 atom stereocenters. The molecule has 20 heavy (non-hydrogen) atoms. The van der Waals surface area contributed by atoms with Crippen molar-refractivity contribution < 1.29 is 4.42 Å². The summed E-state index contributed by atoms with van der Waals surface area (Å²) < 4.78 is 7.06. The topological polar surface area (TPSA) is 59.1 Å². The number of hydrogen-bond acceptors (Lipinski definition) is 4. The Bertz CT molecular complexity index is 804. The third-order valence-corrected chi connectivity index (χ3v) is 3.20. The number of aromatic nitrogens is 3. The number of nitrogens with zero attached hydrogens (tertiary/aromatic N) is 3. The molecule has 0 amide bonds. The lowest BCUT2D eigenvalue weighted by molar-refractivity contribution is 0.559. The quantitative estimate of drug-likeness (QED) is 0.592. The smallest absolute Gasteiger partial charge is 0.216 e. The zero-order valence-electron chi connectivity index (χ0n) is 10.2. The van der Waals surface area contributed by atoms with Gasteiger partial charge in [-0.15, -0.1) is 0 Å². The van der Waals surface area contributed by atoms with Crippen molar-refractivity contribution in [2.45, 2.75) is 0 Å². The lowest BCUT2D eigenvalue weighted by Crippen LogP contribution is -1.95. The largest absolute Gasteiger partial charge is 0.463 e. The van der Waals surface area contributed by atoms with Gasteiger partial charge in [0.2, 0.25) is 4.77 Å². The molecular formula is C13H9ClN4OS. The van der Waals surface area contributed by atoms with E-state index in [0.29, 0.717) is 21.4 Å². The molecule has 0 radical (unpaired) electrons. The lowest BCUT2D eigenvalue weighted by Gasteiger charge is -2.02. The monoisotopic (exact) mass is 304 g/mol. The van der Waals surface area contributed by atoms with Gasteiger partial charge < -0.3 is 4.42 Å². The highest BCUT2D eigenvalue weighted by atomic mass is 35.5. The summed E-state index contributed by atoms with van der Waals surface area (Å²) in [6.07, 6.45) is 3.14. The molecule has 1 aromatic carbocycles. The van der Waals surface area contributed by atoms with Gasteiger partial charge in [0, 0.05) is 5.56 Å². The molecule has 3 aromatic rings. The van der Waals surface area contributed by atoms with Crippen LogP contribution in [0, 0.1) is 4.77 Å². The van der Waals surface area contributed by atoms with Crippen molar-refractivity contribution in [3.8, 4) is 11.4 Å². The normalized spacial score (nSPS) is 11.2. The minimum absolute atomic E-state index is 0.378.